The van der Waals surface area contributed by atoms with Gasteiger partial charge in [0, 0.05) is 41.9 Å². The Morgan fingerprint density at radius 1 is 1.16 bits per heavy atom. The monoisotopic (exact) mass is 310 g/mol. The smallest absolute Gasteiger partial charge is 0.322 e. The third-order valence-electron chi connectivity index (χ3n) is 3.50. The Morgan fingerprint density at radius 3 is 2.37 bits per heavy atom. The molecule has 110 valence electrons. The highest BCUT2D eigenvalue weighted by Crippen LogP contribution is 2.23. The van der Waals surface area contributed by atoms with Gasteiger partial charge in [0.15, 0.2) is 0 Å². The molecule has 0 bridgehead atoms. The van der Waals surface area contributed by atoms with Gasteiger partial charge in [0.2, 0.25) is 0 Å². The SMILES string of the molecule is O=C(O)C1CCCCN1S(=O)(=O)N1CCS(=O)CC1. The number of hydrogen-bond acceptors (Lipinski definition) is 4. The summed E-state index contributed by atoms with van der Waals surface area (Å²) in [5.41, 5.74) is 0. The molecule has 19 heavy (non-hydrogen) atoms. The lowest BCUT2D eigenvalue weighted by atomic mass is 10.1. The Hall–Kier alpha value is -0.510. The minimum Gasteiger partial charge on any atom is -0.480 e. The van der Waals surface area contributed by atoms with E-state index in [-0.39, 0.29) is 19.6 Å². The fourth-order valence-corrected chi connectivity index (χ4v) is 5.53. The van der Waals surface area contributed by atoms with E-state index in [1.165, 1.54) is 4.31 Å². The van der Waals surface area contributed by atoms with Crippen molar-refractivity contribution in [2.75, 3.05) is 31.1 Å². The first kappa shape index (κ1) is 14.9. The average Bonchev–Trinajstić information content (AvgIpc) is 2.39. The van der Waals surface area contributed by atoms with Crippen LogP contribution in [0.4, 0.5) is 0 Å². The van der Waals surface area contributed by atoms with Crippen molar-refractivity contribution in [3.63, 3.8) is 0 Å². The van der Waals surface area contributed by atoms with Crippen molar-refractivity contribution in [2.45, 2.75) is 25.3 Å². The van der Waals surface area contributed by atoms with E-state index in [1.54, 1.807) is 0 Å². The molecule has 0 aromatic rings. The van der Waals surface area contributed by atoms with Gasteiger partial charge >= 0.3 is 5.97 Å². The van der Waals surface area contributed by atoms with E-state index < -0.39 is 33.0 Å². The van der Waals surface area contributed by atoms with Crippen LogP contribution in [0.2, 0.25) is 0 Å². The number of piperidine rings is 1. The predicted octanol–water partition coefficient (Wildman–Crippen LogP) is -0.765. The highest BCUT2D eigenvalue weighted by Gasteiger charge is 2.40. The number of rotatable bonds is 3. The van der Waals surface area contributed by atoms with Gasteiger partial charge < -0.3 is 5.11 Å². The van der Waals surface area contributed by atoms with Crippen molar-refractivity contribution in [1.29, 1.82) is 0 Å². The summed E-state index contributed by atoms with van der Waals surface area (Å²) in [7, 11) is -4.71. The van der Waals surface area contributed by atoms with Gasteiger partial charge in [-0.05, 0) is 19.3 Å². The molecule has 0 aromatic carbocycles. The molecule has 0 spiro atoms. The molecule has 0 radical (unpaired) electrons. The van der Waals surface area contributed by atoms with E-state index >= 15 is 0 Å². The van der Waals surface area contributed by atoms with Crippen LogP contribution in [0.15, 0.2) is 0 Å². The Morgan fingerprint density at radius 2 is 1.79 bits per heavy atom. The molecule has 0 aromatic heterocycles. The fourth-order valence-electron chi connectivity index (χ4n) is 2.43. The van der Waals surface area contributed by atoms with E-state index in [2.05, 4.69) is 0 Å². The topological polar surface area (TPSA) is 95.0 Å². The average molecular weight is 310 g/mol. The second-order valence-corrected chi connectivity index (χ2v) is 8.29. The molecule has 2 saturated heterocycles. The van der Waals surface area contributed by atoms with Gasteiger partial charge in [-0.25, -0.2) is 0 Å². The number of aliphatic carboxylic acids is 1. The van der Waals surface area contributed by atoms with Gasteiger partial charge in [0.1, 0.15) is 6.04 Å². The van der Waals surface area contributed by atoms with Crippen molar-refractivity contribution in [3.8, 4) is 0 Å². The summed E-state index contributed by atoms with van der Waals surface area (Å²) in [5.74, 6) is -0.445. The zero-order chi connectivity index (χ0) is 14.0. The molecule has 2 heterocycles. The van der Waals surface area contributed by atoms with Crippen LogP contribution < -0.4 is 0 Å². The summed E-state index contributed by atoms with van der Waals surface area (Å²) in [6.45, 7) is 0.661. The van der Waals surface area contributed by atoms with E-state index in [0.717, 1.165) is 10.7 Å². The number of carbonyl (C=O) groups is 1. The molecule has 0 amide bonds. The normalized spacial score (nSPS) is 28.3. The number of carboxylic acid groups (broad SMARTS) is 1. The predicted molar refractivity (Wildman–Crippen MR) is 70.4 cm³/mol. The summed E-state index contributed by atoms with van der Waals surface area (Å²) in [6, 6.07) is -0.967. The van der Waals surface area contributed by atoms with Gasteiger partial charge in [0.05, 0.1) is 0 Å². The van der Waals surface area contributed by atoms with E-state index in [0.29, 0.717) is 24.3 Å². The molecule has 2 aliphatic heterocycles. The van der Waals surface area contributed by atoms with Gasteiger partial charge in [0.25, 0.3) is 10.2 Å². The molecule has 0 aliphatic carbocycles. The highest BCUT2D eigenvalue weighted by molar-refractivity contribution is 7.87. The molecule has 0 saturated carbocycles. The first-order valence-electron chi connectivity index (χ1n) is 6.27. The van der Waals surface area contributed by atoms with Gasteiger partial charge in [-0.15, -0.1) is 0 Å². The van der Waals surface area contributed by atoms with Crippen molar-refractivity contribution < 1.29 is 22.5 Å². The Kier molecular flexibility index (Phi) is 4.59. The minimum absolute atomic E-state index is 0.206. The zero-order valence-corrected chi connectivity index (χ0v) is 12.2. The molecular weight excluding hydrogens is 292 g/mol. The largest absolute Gasteiger partial charge is 0.480 e. The number of carboxylic acids is 1. The zero-order valence-electron chi connectivity index (χ0n) is 10.5. The van der Waals surface area contributed by atoms with Crippen LogP contribution in [-0.2, 0) is 25.8 Å². The van der Waals surface area contributed by atoms with Crippen LogP contribution in [0.25, 0.3) is 0 Å². The second-order valence-electron chi connectivity index (χ2n) is 4.72. The van der Waals surface area contributed by atoms with E-state index in [4.69, 9.17) is 5.11 Å². The summed E-state index contributed by atoms with van der Waals surface area (Å²) < 4.78 is 38.5. The maximum Gasteiger partial charge on any atom is 0.322 e. The number of hydrogen-bond donors (Lipinski definition) is 1. The summed E-state index contributed by atoms with van der Waals surface area (Å²) in [5, 5.41) is 9.14. The summed E-state index contributed by atoms with van der Waals surface area (Å²) >= 11 is 0. The molecule has 2 fully saturated rings. The van der Waals surface area contributed by atoms with Crippen LogP contribution in [0.1, 0.15) is 19.3 Å². The molecule has 9 heteroatoms. The van der Waals surface area contributed by atoms with Crippen LogP contribution in [-0.4, -0.2) is 69.5 Å². The second kappa shape index (κ2) is 5.86. The molecule has 1 N–H and O–H groups in total. The van der Waals surface area contributed by atoms with E-state index in [9.17, 15) is 17.4 Å². The maximum atomic E-state index is 12.5. The molecule has 1 atom stereocenters. The van der Waals surface area contributed by atoms with Crippen LogP contribution in [0.3, 0.4) is 0 Å². The Bertz CT molecular complexity index is 468. The summed E-state index contributed by atoms with van der Waals surface area (Å²) in [4.78, 5) is 11.2. The third kappa shape index (κ3) is 3.15. The van der Waals surface area contributed by atoms with Crippen LogP contribution in [0, 0.1) is 0 Å². The first-order chi connectivity index (χ1) is 8.93. The molecule has 2 aliphatic rings. The first-order valence-corrected chi connectivity index (χ1v) is 9.16. The molecule has 1 unspecified atom stereocenters. The lowest BCUT2D eigenvalue weighted by Gasteiger charge is -2.36. The fraction of sp³-hybridized carbons (Fsp3) is 0.900. The summed E-state index contributed by atoms with van der Waals surface area (Å²) in [6.07, 6.45) is 1.77. The van der Waals surface area contributed by atoms with Crippen LogP contribution >= 0.6 is 0 Å². The Balaban J connectivity index is 2.17. The van der Waals surface area contributed by atoms with Gasteiger partial charge in [-0.1, -0.05) is 0 Å². The van der Waals surface area contributed by atoms with Crippen molar-refractivity contribution >= 4 is 27.0 Å². The molecule has 2 rings (SSSR count). The Labute approximate surface area is 115 Å². The lowest BCUT2D eigenvalue weighted by molar-refractivity contribution is -0.142. The molecular formula is C10H18N2O5S2. The van der Waals surface area contributed by atoms with Crippen molar-refractivity contribution in [2.24, 2.45) is 0 Å². The maximum absolute atomic E-state index is 12.5. The van der Waals surface area contributed by atoms with Crippen molar-refractivity contribution in [3.05, 3.63) is 0 Å². The molecule has 7 nitrogen and oxygen atoms in total. The number of nitrogens with zero attached hydrogens (tertiary/aromatic N) is 2. The minimum atomic E-state index is -3.75. The highest BCUT2D eigenvalue weighted by atomic mass is 32.2. The van der Waals surface area contributed by atoms with Crippen LogP contribution in [0.5, 0.6) is 0 Å². The third-order valence-corrected chi connectivity index (χ3v) is 6.82. The van der Waals surface area contributed by atoms with Gasteiger partial charge in [-0.2, -0.15) is 17.0 Å². The quantitative estimate of drug-likeness (QED) is 0.739. The lowest BCUT2D eigenvalue weighted by Crippen LogP contribution is -2.55. The van der Waals surface area contributed by atoms with Gasteiger partial charge in [-0.3, -0.25) is 9.00 Å². The van der Waals surface area contributed by atoms with E-state index in [1.807, 2.05) is 0 Å². The van der Waals surface area contributed by atoms with Crippen molar-refractivity contribution in [1.82, 2.24) is 8.61 Å². The standard InChI is InChI=1S/C10H18N2O5S2/c13-10(14)9-3-1-2-4-12(9)19(16,17)11-5-7-18(15)8-6-11/h9H,1-8H2,(H,13,14).